The summed E-state index contributed by atoms with van der Waals surface area (Å²) in [4.78, 5) is 9.47. The lowest BCUT2D eigenvalue weighted by atomic mass is 10.1. The maximum atomic E-state index is 11.4. The fourth-order valence-corrected chi connectivity index (χ4v) is 4.81. The topological polar surface area (TPSA) is 65.5 Å². The fraction of sp³-hybridized carbons (Fsp3) is 0.348. The van der Waals surface area contributed by atoms with Crippen LogP contribution in [0.1, 0.15) is 11.3 Å². The van der Waals surface area contributed by atoms with Crippen LogP contribution < -0.4 is 9.62 Å². The van der Waals surface area contributed by atoms with E-state index in [1.54, 1.807) is 6.07 Å². The van der Waals surface area contributed by atoms with E-state index in [1.807, 2.05) is 43.3 Å². The van der Waals surface area contributed by atoms with Crippen LogP contribution in [0.25, 0.3) is 10.9 Å². The first-order valence-corrected chi connectivity index (χ1v) is 12.6. The fourth-order valence-electron chi connectivity index (χ4n) is 4.05. The third kappa shape index (κ3) is 5.67. The van der Waals surface area contributed by atoms with Gasteiger partial charge in [-0.25, -0.2) is 8.42 Å². The summed E-state index contributed by atoms with van der Waals surface area (Å²) < 4.78 is 25.4. The second kappa shape index (κ2) is 9.02. The van der Waals surface area contributed by atoms with E-state index in [0.29, 0.717) is 10.7 Å². The lowest BCUT2D eigenvalue weighted by molar-refractivity contribution is 0.261. The van der Waals surface area contributed by atoms with Crippen LogP contribution in [-0.4, -0.2) is 57.3 Å². The first kappa shape index (κ1) is 21.9. The highest BCUT2D eigenvalue weighted by molar-refractivity contribution is 7.92. The number of sulfonamides is 1. The molecule has 0 aliphatic carbocycles. The molecule has 0 atom stereocenters. The Kier molecular flexibility index (Phi) is 6.36. The number of anilines is 2. The molecule has 8 heteroatoms. The Balaban J connectivity index is 1.38. The summed E-state index contributed by atoms with van der Waals surface area (Å²) in [6.07, 6.45) is 2.04. The summed E-state index contributed by atoms with van der Waals surface area (Å²) in [6.45, 7) is 6.72. The van der Waals surface area contributed by atoms with Crippen molar-refractivity contribution in [2.45, 2.75) is 13.3 Å². The highest BCUT2D eigenvalue weighted by Gasteiger charge is 2.19. The quantitative estimate of drug-likeness (QED) is 0.606. The number of pyridine rings is 1. The first-order chi connectivity index (χ1) is 14.8. The van der Waals surface area contributed by atoms with E-state index in [9.17, 15) is 8.42 Å². The van der Waals surface area contributed by atoms with E-state index < -0.39 is 10.0 Å². The van der Waals surface area contributed by atoms with Gasteiger partial charge in [0.15, 0.2) is 0 Å². The second-order valence-corrected chi connectivity index (χ2v) is 10.3. The number of piperazine rings is 1. The molecule has 1 N–H and O–H groups in total. The van der Waals surface area contributed by atoms with Gasteiger partial charge in [-0.1, -0.05) is 23.7 Å². The Hall–Kier alpha value is -2.35. The number of halogens is 1. The Morgan fingerprint density at radius 3 is 2.58 bits per heavy atom. The Labute approximate surface area is 188 Å². The van der Waals surface area contributed by atoms with Crippen molar-refractivity contribution in [2.75, 3.05) is 48.6 Å². The molecule has 0 spiro atoms. The number of nitrogens with one attached hydrogen (secondary N) is 1. The minimum Gasteiger partial charge on any atom is -0.368 e. The summed E-state index contributed by atoms with van der Waals surface area (Å²) in [5, 5.41) is 1.85. The Bertz CT molecular complexity index is 1190. The van der Waals surface area contributed by atoms with Crippen molar-refractivity contribution in [3.63, 3.8) is 0 Å². The number of benzene rings is 2. The summed E-state index contributed by atoms with van der Waals surface area (Å²) in [5.41, 5.74) is 4.81. The number of aryl methyl sites for hydroxylation is 1. The van der Waals surface area contributed by atoms with Crippen LogP contribution in [0.3, 0.4) is 0 Å². The molecule has 0 unspecified atom stereocenters. The van der Waals surface area contributed by atoms with E-state index in [-0.39, 0.29) is 0 Å². The molecule has 0 amide bonds. The van der Waals surface area contributed by atoms with Crippen LogP contribution in [0.15, 0.2) is 48.5 Å². The number of rotatable bonds is 6. The summed E-state index contributed by atoms with van der Waals surface area (Å²) in [6, 6.07) is 15.8. The standard InChI is InChI=1S/C23H27ClN4O2S/c1-17-6-7-21-22(25-17)15-19(24)16-23(21)28-12-10-27(11-13-28)9-8-18-4-3-5-20(14-18)26-31(2,29)30/h3-7,14-16,26H,8-13H2,1-2H3. The molecule has 1 aliphatic heterocycles. The lowest BCUT2D eigenvalue weighted by Gasteiger charge is -2.36. The van der Waals surface area contributed by atoms with Crippen molar-refractivity contribution in [3.8, 4) is 0 Å². The zero-order valence-electron chi connectivity index (χ0n) is 17.8. The molecular formula is C23H27ClN4O2S. The van der Waals surface area contributed by atoms with E-state index in [0.717, 1.165) is 67.0 Å². The largest absolute Gasteiger partial charge is 0.368 e. The average Bonchev–Trinajstić information content (AvgIpc) is 2.71. The highest BCUT2D eigenvalue weighted by atomic mass is 35.5. The molecule has 6 nitrogen and oxygen atoms in total. The molecule has 3 aromatic rings. The third-order valence-corrected chi connectivity index (χ3v) is 6.37. The molecule has 2 heterocycles. The van der Waals surface area contributed by atoms with E-state index in [4.69, 9.17) is 11.6 Å². The Morgan fingerprint density at radius 1 is 1.06 bits per heavy atom. The number of nitrogens with zero attached hydrogens (tertiary/aromatic N) is 3. The molecule has 0 saturated carbocycles. The van der Waals surface area contributed by atoms with Crippen LogP contribution in [0.5, 0.6) is 0 Å². The monoisotopic (exact) mass is 458 g/mol. The van der Waals surface area contributed by atoms with Crippen LogP contribution in [-0.2, 0) is 16.4 Å². The first-order valence-electron chi connectivity index (χ1n) is 10.4. The van der Waals surface area contributed by atoms with Gasteiger partial charge in [0.05, 0.1) is 11.8 Å². The molecule has 4 rings (SSSR count). The molecule has 1 fully saturated rings. The molecule has 1 aliphatic rings. The van der Waals surface area contributed by atoms with Crippen LogP contribution in [0.2, 0.25) is 5.02 Å². The van der Waals surface area contributed by atoms with Gasteiger partial charge < -0.3 is 4.90 Å². The molecule has 2 aromatic carbocycles. The smallest absolute Gasteiger partial charge is 0.229 e. The third-order valence-electron chi connectivity index (χ3n) is 5.55. The van der Waals surface area contributed by atoms with Crippen molar-refractivity contribution < 1.29 is 8.42 Å². The highest BCUT2D eigenvalue weighted by Crippen LogP contribution is 2.31. The molecular weight excluding hydrogens is 432 g/mol. The van der Waals surface area contributed by atoms with Gasteiger partial charge in [-0.15, -0.1) is 0 Å². The number of aromatic nitrogens is 1. The molecule has 1 saturated heterocycles. The zero-order chi connectivity index (χ0) is 22.0. The van der Waals surface area contributed by atoms with Crippen LogP contribution >= 0.6 is 11.6 Å². The SMILES string of the molecule is Cc1ccc2c(N3CCN(CCc4cccc(NS(C)(=O)=O)c4)CC3)cc(Cl)cc2n1. The van der Waals surface area contributed by atoms with Crippen molar-refractivity contribution in [1.29, 1.82) is 0 Å². The van der Waals surface area contributed by atoms with E-state index >= 15 is 0 Å². The Morgan fingerprint density at radius 2 is 1.84 bits per heavy atom. The van der Waals surface area contributed by atoms with Crippen LogP contribution in [0.4, 0.5) is 11.4 Å². The van der Waals surface area contributed by atoms with Crippen LogP contribution in [0, 0.1) is 6.92 Å². The minimum atomic E-state index is -3.26. The van der Waals surface area contributed by atoms with Crippen molar-refractivity contribution >= 4 is 43.9 Å². The van der Waals surface area contributed by atoms with Gasteiger partial charge in [-0.2, -0.15) is 0 Å². The molecule has 31 heavy (non-hydrogen) atoms. The average molecular weight is 459 g/mol. The molecule has 164 valence electrons. The molecule has 1 aromatic heterocycles. The van der Waals surface area contributed by atoms with Gasteiger partial charge in [0.1, 0.15) is 0 Å². The summed E-state index contributed by atoms with van der Waals surface area (Å²) in [5.74, 6) is 0. The van der Waals surface area contributed by atoms with Gasteiger partial charge in [0, 0.05) is 60.2 Å². The maximum absolute atomic E-state index is 11.4. The second-order valence-electron chi connectivity index (χ2n) is 8.10. The lowest BCUT2D eigenvalue weighted by Crippen LogP contribution is -2.47. The normalized spacial score (nSPS) is 15.4. The number of hydrogen-bond donors (Lipinski definition) is 1. The minimum absolute atomic E-state index is 0.612. The van der Waals surface area contributed by atoms with Gasteiger partial charge in [0.2, 0.25) is 10.0 Å². The summed E-state index contributed by atoms with van der Waals surface area (Å²) >= 11 is 6.37. The predicted octanol–water partition coefficient (Wildman–Crippen LogP) is 3.93. The molecule has 0 radical (unpaired) electrons. The van der Waals surface area contributed by atoms with Gasteiger partial charge in [-0.05, 0) is 55.3 Å². The van der Waals surface area contributed by atoms with Crippen molar-refractivity contribution in [1.82, 2.24) is 9.88 Å². The van der Waals surface area contributed by atoms with Gasteiger partial charge >= 0.3 is 0 Å². The predicted molar refractivity (Wildman–Crippen MR) is 129 cm³/mol. The maximum Gasteiger partial charge on any atom is 0.229 e. The van der Waals surface area contributed by atoms with E-state index in [1.165, 1.54) is 6.26 Å². The number of hydrogen-bond acceptors (Lipinski definition) is 5. The van der Waals surface area contributed by atoms with Gasteiger partial charge in [-0.3, -0.25) is 14.6 Å². The zero-order valence-corrected chi connectivity index (χ0v) is 19.4. The summed E-state index contributed by atoms with van der Waals surface area (Å²) in [7, 11) is -3.26. The van der Waals surface area contributed by atoms with Crippen molar-refractivity contribution in [2.24, 2.45) is 0 Å². The molecule has 0 bridgehead atoms. The van der Waals surface area contributed by atoms with Crippen molar-refractivity contribution in [3.05, 3.63) is 64.8 Å². The van der Waals surface area contributed by atoms with E-state index in [2.05, 4.69) is 25.6 Å². The van der Waals surface area contributed by atoms with Gasteiger partial charge in [0.25, 0.3) is 0 Å². The number of fused-ring (bicyclic) bond motifs is 1.